The van der Waals surface area contributed by atoms with E-state index in [0.717, 1.165) is 5.56 Å². The highest BCUT2D eigenvalue weighted by Crippen LogP contribution is 2.35. The zero-order valence-corrected chi connectivity index (χ0v) is 17.6. The van der Waals surface area contributed by atoms with Gasteiger partial charge in [-0.15, -0.1) is 0 Å². The van der Waals surface area contributed by atoms with Gasteiger partial charge in [0.25, 0.3) is 5.56 Å². The Bertz CT molecular complexity index is 1420. The van der Waals surface area contributed by atoms with Crippen molar-refractivity contribution in [2.75, 3.05) is 13.3 Å². The molecule has 0 radical (unpaired) electrons. The maximum atomic E-state index is 12.8. The third-order valence-corrected chi connectivity index (χ3v) is 5.73. The van der Waals surface area contributed by atoms with E-state index in [9.17, 15) is 14.3 Å². The van der Waals surface area contributed by atoms with E-state index in [1.807, 2.05) is 6.07 Å². The monoisotopic (exact) mass is 455 g/mol. The van der Waals surface area contributed by atoms with Gasteiger partial charge in [0.2, 0.25) is 0 Å². The van der Waals surface area contributed by atoms with Gasteiger partial charge in [-0.1, -0.05) is 41.1 Å². The van der Waals surface area contributed by atoms with Crippen molar-refractivity contribution < 1.29 is 14.2 Å². The molecular weight excluding hydrogens is 441 g/mol. The summed E-state index contributed by atoms with van der Waals surface area (Å²) >= 11 is 7.28. The summed E-state index contributed by atoms with van der Waals surface area (Å²) in [5.41, 5.74) is 2.18. The normalized spacial score (nSPS) is 11.7. The number of ether oxygens (including phenoxy) is 1. The van der Waals surface area contributed by atoms with Crippen LogP contribution in [0.3, 0.4) is 0 Å². The van der Waals surface area contributed by atoms with Crippen molar-refractivity contribution in [3.63, 3.8) is 0 Å². The molecular formula is C22H15ClFN3O3S. The van der Waals surface area contributed by atoms with Crippen molar-refractivity contribution >= 4 is 39.7 Å². The highest BCUT2D eigenvalue weighted by Gasteiger charge is 2.12. The molecule has 9 heteroatoms. The molecule has 2 aromatic carbocycles. The Morgan fingerprint density at radius 3 is 2.94 bits per heavy atom. The molecule has 0 fully saturated rings. The summed E-state index contributed by atoms with van der Waals surface area (Å²) in [5.74, 6) is -0.102. The van der Waals surface area contributed by atoms with Crippen LogP contribution in [0.5, 0.6) is 11.5 Å². The first-order valence-corrected chi connectivity index (χ1v) is 10.4. The minimum absolute atomic E-state index is 0.0692. The average Bonchev–Trinajstić information content (AvgIpc) is 3.31. The summed E-state index contributed by atoms with van der Waals surface area (Å²) in [5, 5.41) is 10.1. The topological polar surface area (TPSA) is 68.2 Å². The second-order valence-electron chi connectivity index (χ2n) is 6.60. The number of alkyl halides is 1. The summed E-state index contributed by atoms with van der Waals surface area (Å²) in [6.07, 6.45) is 3.47. The van der Waals surface area contributed by atoms with Gasteiger partial charge in [0.05, 0.1) is 35.1 Å². The molecule has 2 aromatic heterocycles. The van der Waals surface area contributed by atoms with E-state index in [1.54, 1.807) is 36.5 Å². The maximum Gasteiger partial charge on any atom is 0.274 e. The van der Waals surface area contributed by atoms with Gasteiger partial charge in [-0.25, -0.2) is 9.83 Å². The van der Waals surface area contributed by atoms with E-state index >= 15 is 0 Å². The Kier molecular flexibility index (Phi) is 5.89. The molecule has 1 N–H and O–H groups in total. The van der Waals surface area contributed by atoms with E-state index in [1.165, 1.54) is 21.8 Å². The number of nitrogens with zero attached hydrogens (tertiary/aromatic N) is 3. The van der Waals surface area contributed by atoms with Gasteiger partial charge in [0, 0.05) is 12.6 Å². The number of imidazole rings is 1. The van der Waals surface area contributed by atoms with Gasteiger partial charge in [-0.3, -0.25) is 13.6 Å². The minimum atomic E-state index is -0.529. The first-order valence-electron chi connectivity index (χ1n) is 9.23. The smallest absolute Gasteiger partial charge is 0.274 e. The predicted molar refractivity (Wildman–Crippen MR) is 119 cm³/mol. The number of aromatic nitrogens is 2. The highest BCUT2D eigenvalue weighted by molar-refractivity contribution is 7.15. The summed E-state index contributed by atoms with van der Waals surface area (Å²) in [6.45, 7) is 6.71. The van der Waals surface area contributed by atoms with Gasteiger partial charge >= 0.3 is 0 Å². The fraction of sp³-hybridized carbons (Fsp3) is 0.136. The highest BCUT2D eigenvalue weighted by atomic mass is 35.5. The standard InChI is InChI=1S/C22H15ClFN3O3S/c1-25-15-5-2-4-14(11-15)17-12-27-21(29)19(31-22(27)26-17)10-13-8-16(23)20(28)18(9-13)30-7-3-6-24/h2,4-5,8-12,28H,3,6-7H2/b19-10-. The Morgan fingerprint density at radius 1 is 1.35 bits per heavy atom. The zero-order chi connectivity index (χ0) is 22.0. The quantitative estimate of drug-likeness (QED) is 0.340. The van der Waals surface area contributed by atoms with E-state index in [-0.39, 0.29) is 35.1 Å². The van der Waals surface area contributed by atoms with Crippen LogP contribution in [0.25, 0.3) is 27.1 Å². The molecule has 2 heterocycles. The van der Waals surface area contributed by atoms with Crippen LogP contribution in [0.1, 0.15) is 12.0 Å². The largest absolute Gasteiger partial charge is 0.503 e. The molecule has 31 heavy (non-hydrogen) atoms. The van der Waals surface area contributed by atoms with Gasteiger partial charge < -0.3 is 9.84 Å². The second kappa shape index (κ2) is 8.76. The number of phenols is 1. The summed E-state index contributed by atoms with van der Waals surface area (Å²) in [6, 6.07) is 10.1. The third-order valence-electron chi connectivity index (χ3n) is 4.46. The Morgan fingerprint density at radius 2 is 2.19 bits per heavy atom. The molecule has 4 rings (SSSR count). The van der Waals surface area contributed by atoms with Gasteiger partial charge in [-0.2, -0.15) is 0 Å². The molecule has 0 bridgehead atoms. The molecule has 0 aliphatic rings. The maximum absolute atomic E-state index is 12.8. The van der Waals surface area contributed by atoms with Crippen molar-refractivity contribution in [2.24, 2.45) is 0 Å². The fourth-order valence-corrected chi connectivity index (χ4v) is 4.16. The molecule has 0 atom stereocenters. The number of hydrogen-bond donors (Lipinski definition) is 1. The number of rotatable bonds is 6. The number of phenolic OH excluding ortho intramolecular Hbond substituents is 1. The molecule has 0 amide bonds. The second-order valence-corrected chi connectivity index (χ2v) is 8.01. The lowest BCUT2D eigenvalue weighted by Gasteiger charge is -2.09. The Hall–Kier alpha value is -3.41. The summed E-state index contributed by atoms with van der Waals surface area (Å²) in [7, 11) is 0. The first-order chi connectivity index (χ1) is 15.0. The summed E-state index contributed by atoms with van der Waals surface area (Å²) < 4.78 is 19.6. The lowest BCUT2D eigenvalue weighted by Crippen LogP contribution is -2.22. The average molecular weight is 456 g/mol. The van der Waals surface area contributed by atoms with Crippen LogP contribution in [0, 0.1) is 6.57 Å². The van der Waals surface area contributed by atoms with Crippen molar-refractivity contribution in [2.45, 2.75) is 6.42 Å². The van der Waals surface area contributed by atoms with Crippen LogP contribution in [0.15, 0.2) is 47.4 Å². The molecule has 4 aromatic rings. The van der Waals surface area contributed by atoms with Crippen LogP contribution in [-0.4, -0.2) is 27.8 Å². The lowest BCUT2D eigenvalue weighted by molar-refractivity contribution is 0.277. The molecule has 0 saturated carbocycles. The minimum Gasteiger partial charge on any atom is -0.503 e. The van der Waals surface area contributed by atoms with Gasteiger partial charge in [-0.05, 0) is 35.4 Å². The van der Waals surface area contributed by atoms with Crippen LogP contribution in [-0.2, 0) is 0 Å². The third kappa shape index (κ3) is 4.24. The van der Waals surface area contributed by atoms with Crippen molar-refractivity contribution in [1.29, 1.82) is 0 Å². The number of halogens is 2. The number of aromatic hydroxyl groups is 1. The van der Waals surface area contributed by atoms with Crippen molar-refractivity contribution in [3.05, 3.63) is 79.5 Å². The fourth-order valence-electron chi connectivity index (χ4n) is 2.98. The molecule has 0 spiro atoms. The number of fused-ring (bicyclic) bond motifs is 1. The van der Waals surface area contributed by atoms with Gasteiger partial charge in [0.1, 0.15) is 0 Å². The van der Waals surface area contributed by atoms with Crippen LogP contribution < -0.4 is 14.8 Å². The number of thiazole rings is 1. The predicted octanol–water partition coefficient (Wildman–Crippen LogP) is 4.62. The van der Waals surface area contributed by atoms with E-state index in [2.05, 4.69) is 9.83 Å². The molecule has 0 saturated heterocycles. The Labute approximate surface area is 185 Å². The van der Waals surface area contributed by atoms with Crippen LogP contribution >= 0.6 is 22.9 Å². The number of benzene rings is 2. The number of hydrogen-bond acceptors (Lipinski definition) is 5. The molecule has 156 valence electrons. The SMILES string of the molecule is [C-]#[N+]c1cccc(-c2cn3c(=O)/c(=C/c4cc(Cl)c(O)c(OCCCF)c4)sc3n2)c1. The van der Waals surface area contributed by atoms with Crippen molar-refractivity contribution in [1.82, 2.24) is 9.38 Å². The van der Waals surface area contributed by atoms with E-state index in [0.29, 0.717) is 26.4 Å². The van der Waals surface area contributed by atoms with Gasteiger partial charge in [0.15, 0.2) is 22.1 Å². The van der Waals surface area contributed by atoms with E-state index < -0.39 is 6.67 Å². The lowest BCUT2D eigenvalue weighted by atomic mass is 10.1. The first kappa shape index (κ1) is 20.8. The molecule has 0 aliphatic carbocycles. The van der Waals surface area contributed by atoms with E-state index in [4.69, 9.17) is 22.9 Å². The Balaban J connectivity index is 1.72. The molecule has 0 unspecified atom stereocenters. The molecule has 6 nitrogen and oxygen atoms in total. The van der Waals surface area contributed by atoms with Crippen molar-refractivity contribution in [3.8, 4) is 22.8 Å². The van der Waals surface area contributed by atoms with Crippen LogP contribution in [0.4, 0.5) is 10.1 Å². The molecule has 0 aliphatic heterocycles. The van der Waals surface area contributed by atoms with Crippen LogP contribution in [0.2, 0.25) is 5.02 Å². The summed E-state index contributed by atoms with van der Waals surface area (Å²) in [4.78, 5) is 21.3. The zero-order valence-electron chi connectivity index (χ0n) is 16.0.